The number of anilines is 2. The molecular formula is C9H14ClN5O. The second-order valence-electron chi connectivity index (χ2n) is 3.60. The molecule has 1 aromatic rings. The monoisotopic (exact) mass is 243 g/mol. The minimum atomic E-state index is 0.236. The molecule has 0 amide bonds. The molecule has 0 aromatic carbocycles. The fourth-order valence-corrected chi connectivity index (χ4v) is 1.97. The lowest BCUT2D eigenvalue weighted by atomic mass is 10.3. The molecule has 0 bridgehead atoms. The fourth-order valence-electron chi connectivity index (χ4n) is 1.76. The number of rotatable bonds is 3. The minimum Gasteiger partial charge on any atom is -0.380 e. The van der Waals surface area contributed by atoms with E-state index in [4.69, 9.17) is 22.2 Å². The van der Waals surface area contributed by atoms with Crippen LogP contribution < -0.4 is 16.2 Å². The number of hydrazine groups is 1. The molecule has 7 heteroatoms. The van der Waals surface area contributed by atoms with Crippen LogP contribution >= 0.6 is 11.6 Å². The summed E-state index contributed by atoms with van der Waals surface area (Å²) >= 11 is 6.05. The normalized spacial score (nSPS) is 20.2. The van der Waals surface area contributed by atoms with Crippen molar-refractivity contribution >= 4 is 23.4 Å². The Bertz CT molecular complexity index is 375. The van der Waals surface area contributed by atoms with Gasteiger partial charge in [0.2, 0.25) is 5.95 Å². The lowest BCUT2D eigenvalue weighted by molar-refractivity contribution is 0.121. The Balaban J connectivity index is 2.20. The van der Waals surface area contributed by atoms with Crippen molar-refractivity contribution in [1.29, 1.82) is 0 Å². The highest BCUT2D eigenvalue weighted by molar-refractivity contribution is 6.32. The van der Waals surface area contributed by atoms with Crippen molar-refractivity contribution in [2.75, 3.05) is 30.5 Å². The molecule has 1 unspecified atom stereocenters. The highest BCUT2D eigenvalue weighted by atomic mass is 35.5. The van der Waals surface area contributed by atoms with Crippen LogP contribution in [0.4, 0.5) is 11.8 Å². The van der Waals surface area contributed by atoms with Gasteiger partial charge in [-0.05, 0) is 6.42 Å². The molecule has 1 fully saturated rings. The molecule has 0 aliphatic carbocycles. The minimum absolute atomic E-state index is 0.236. The van der Waals surface area contributed by atoms with Crippen molar-refractivity contribution in [3.8, 4) is 0 Å². The summed E-state index contributed by atoms with van der Waals surface area (Å²) in [6.07, 6.45) is 2.75. The fraction of sp³-hybridized carbons (Fsp3) is 0.556. The van der Waals surface area contributed by atoms with Crippen molar-refractivity contribution in [1.82, 2.24) is 9.97 Å². The molecule has 0 saturated carbocycles. The van der Waals surface area contributed by atoms with Gasteiger partial charge in [0.1, 0.15) is 5.02 Å². The van der Waals surface area contributed by atoms with Crippen LogP contribution in [0.3, 0.4) is 0 Å². The first-order valence-corrected chi connectivity index (χ1v) is 5.39. The molecule has 1 aliphatic rings. The van der Waals surface area contributed by atoms with Crippen molar-refractivity contribution in [3.05, 3.63) is 11.2 Å². The quantitative estimate of drug-likeness (QED) is 0.599. The Morgan fingerprint density at radius 1 is 1.69 bits per heavy atom. The zero-order valence-corrected chi connectivity index (χ0v) is 9.74. The predicted octanol–water partition coefficient (Wildman–Crippen LogP) is 0.641. The van der Waals surface area contributed by atoms with E-state index in [1.165, 1.54) is 0 Å². The second-order valence-corrected chi connectivity index (χ2v) is 4.01. The molecule has 1 saturated heterocycles. The molecule has 2 rings (SSSR count). The Labute approximate surface area is 98.7 Å². The maximum absolute atomic E-state index is 6.05. The largest absolute Gasteiger partial charge is 0.380 e. The number of methoxy groups -OCH3 is 1. The van der Waals surface area contributed by atoms with Gasteiger partial charge in [-0.2, -0.15) is 4.98 Å². The summed E-state index contributed by atoms with van der Waals surface area (Å²) in [5, 5.41) is 0.524. The van der Waals surface area contributed by atoms with Crippen molar-refractivity contribution in [2.45, 2.75) is 12.5 Å². The van der Waals surface area contributed by atoms with Gasteiger partial charge < -0.3 is 9.64 Å². The summed E-state index contributed by atoms with van der Waals surface area (Å²) in [7, 11) is 1.71. The third-order valence-corrected chi connectivity index (χ3v) is 2.90. The van der Waals surface area contributed by atoms with Crippen LogP contribution in [0.1, 0.15) is 6.42 Å². The first-order valence-electron chi connectivity index (χ1n) is 5.01. The van der Waals surface area contributed by atoms with E-state index in [-0.39, 0.29) is 6.10 Å². The van der Waals surface area contributed by atoms with E-state index in [9.17, 15) is 0 Å². The average Bonchev–Trinajstić information content (AvgIpc) is 2.78. The lowest BCUT2D eigenvalue weighted by Crippen LogP contribution is -2.24. The van der Waals surface area contributed by atoms with Gasteiger partial charge in [0.25, 0.3) is 0 Å². The highest BCUT2D eigenvalue weighted by Crippen LogP contribution is 2.27. The molecule has 1 aromatic heterocycles. The first-order chi connectivity index (χ1) is 7.74. The number of nitrogens with zero attached hydrogens (tertiary/aromatic N) is 3. The highest BCUT2D eigenvalue weighted by Gasteiger charge is 2.25. The van der Waals surface area contributed by atoms with Crippen molar-refractivity contribution in [2.24, 2.45) is 5.84 Å². The van der Waals surface area contributed by atoms with E-state index in [0.717, 1.165) is 19.5 Å². The third-order valence-electron chi connectivity index (χ3n) is 2.63. The summed E-state index contributed by atoms with van der Waals surface area (Å²) in [5.74, 6) is 6.32. The van der Waals surface area contributed by atoms with Gasteiger partial charge in [-0.1, -0.05) is 11.6 Å². The predicted molar refractivity (Wildman–Crippen MR) is 62.5 cm³/mol. The molecular weight excluding hydrogens is 230 g/mol. The van der Waals surface area contributed by atoms with E-state index in [2.05, 4.69) is 20.3 Å². The Kier molecular flexibility index (Phi) is 3.42. The molecule has 2 heterocycles. The van der Waals surface area contributed by atoms with Crippen LogP contribution in [0.2, 0.25) is 5.02 Å². The number of nitrogens with one attached hydrogen (secondary N) is 1. The van der Waals surface area contributed by atoms with Crippen LogP contribution in [0, 0.1) is 0 Å². The second kappa shape index (κ2) is 4.82. The van der Waals surface area contributed by atoms with Gasteiger partial charge in [-0.25, -0.2) is 10.8 Å². The molecule has 1 aliphatic heterocycles. The molecule has 16 heavy (non-hydrogen) atoms. The van der Waals surface area contributed by atoms with E-state index < -0.39 is 0 Å². The van der Waals surface area contributed by atoms with Crippen LogP contribution in [0.25, 0.3) is 0 Å². The lowest BCUT2D eigenvalue weighted by Gasteiger charge is -2.18. The van der Waals surface area contributed by atoms with E-state index in [1.54, 1.807) is 13.3 Å². The van der Waals surface area contributed by atoms with Gasteiger partial charge >= 0.3 is 0 Å². The molecule has 88 valence electrons. The number of nitrogens with two attached hydrogens (primary N) is 1. The van der Waals surface area contributed by atoms with Gasteiger partial charge in [0.15, 0.2) is 5.82 Å². The summed E-state index contributed by atoms with van der Waals surface area (Å²) in [5.41, 5.74) is 2.40. The van der Waals surface area contributed by atoms with E-state index >= 15 is 0 Å². The number of nitrogen functional groups attached to an aromatic ring is 1. The number of ether oxygens (including phenoxy) is 1. The number of hydrogen-bond acceptors (Lipinski definition) is 6. The zero-order chi connectivity index (χ0) is 11.5. The van der Waals surface area contributed by atoms with E-state index in [0.29, 0.717) is 16.8 Å². The standard InChI is InChI=1S/C9H14ClN5O/c1-16-6-2-3-15(5-6)8-7(10)4-12-9(13-8)14-11/h4,6H,2-3,5,11H2,1H3,(H,12,13,14). The topological polar surface area (TPSA) is 76.3 Å². The number of hydrogen-bond donors (Lipinski definition) is 2. The van der Waals surface area contributed by atoms with Gasteiger partial charge in [0, 0.05) is 20.2 Å². The zero-order valence-electron chi connectivity index (χ0n) is 8.98. The van der Waals surface area contributed by atoms with Gasteiger partial charge in [-0.15, -0.1) is 0 Å². The summed E-state index contributed by atoms with van der Waals surface area (Å²) in [4.78, 5) is 10.2. The molecule has 3 N–H and O–H groups in total. The van der Waals surface area contributed by atoms with Crippen LogP contribution in [-0.2, 0) is 4.74 Å². The first kappa shape index (κ1) is 11.4. The smallest absolute Gasteiger partial charge is 0.239 e. The molecule has 0 spiro atoms. The van der Waals surface area contributed by atoms with Crippen molar-refractivity contribution < 1.29 is 4.74 Å². The maximum atomic E-state index is 6.05. The maximum Gasteiger partial charge on any atom is 0.239 e. The van der Waals surface area contributed by atoms with E-state index in [1.807, 2.05) is 0 Å². The Hall–Kier alpha value is -1.11. The Morgan fingerprint density at radius 3 is 3.12 bits per heavy atom. The summed E-state index contributed by atoms with van der Waals surface area (Å²) in [6.45, 7) is 1.66. The Morgan fingerprint density at radius 2 is 2.50 bits per heavy atom. The van der Waals surface area contributed by atoms with Crippen molar-refractivity contribution in [3.63, 3.8) is 0 Å². The number of aromatic nitrogens is 2. The van der Waals surface area contributed by atoms with Crippen LogP contribution in [0.15, 0.2) is 6.20 Å². The summed E-state index contributed by atoms with van der Waals surface area (Å²) in [6, 6.07) is 0. The molecule has 0 radical (unpaired) electrons. The van der Waals surface area contributed by atoms with Crippen LogP contribution in [0.5, 0.6) is 0 Å². The van der Waals surface area contributed by atoms with Gasteiger partial charge in [-0.3, -0.25) is 5.43 Å². The van der Waals surface area contributed by atoms with Gasteiger partial charge in [0.05, 0.1) is 12.3 Å². The molecule has 6 nitrogen and oxygen atoms in total. The van der Waals surface area contributed by atoms with Crippen LogP contribution in [-0.4, -0.2) is 36.3 Å². The average molecular weight is 244 g/mol. The number of halogens is 1. The SMILES string of the molecule is COC1CCN(c2nc(NN)ncc2Cl)C1. The molecule has 1 atom stereocenters. The summed E-state index contributed by atoms with van der Waals surface area (Å²) < 4.78 is 5.29. The third kappa shape index (κ3) is 2.18.